The lowest BCUT2D eigenvalue weighted by molar-refractivity contribution is 0.116. The van der Waals surface area contributed by atoms with Crippen LogP contribution >= 0.6 is 15.9 Å². The first-order valence-electron chi connectivity index (χ1n) is 6.39. The molecule has 1 aromatic carbocycles. The van der Waals surface area contributed by atoms with Crippen molar-refractivity contribution in [3.05, 3.63) is 22.2 Å². The van der Waals surface area contributed by atoms with Crippen molar-refractivity contribution in [3.8, 4) is 11.5 Å². The molecule has 0 saturated heterocycles. The van der Waals surface area contributed by atoms with Gasteiger partial charge in [-0.05, 0) is 52.5 Å². The Hall–Kier alpha value is -0.780. The second kappa shape index (κ2) is 7.72. The molecule has 0 aromatic heterocycles. The largest absolute Gasteiger partial charge is 0.503 e. The topological polar surface area (TPSA) is 61.7 Å². The van der Waals surface area contributed by atoms with Crippen molar-refractivity contribution >= 4 is 15.9 Å². The van der Waals surface area contributed by atoms with E-state index in [9.17, 15) is 10.2 Å². The number of aromatic hydroxyl groups is 1. The summed E-state index contributed by atoms with van der Waals surface area (Å²) in [5.41, 5.74) is 1.01. The van der Waals surface area contributed by atoms with Crippen LogP contribution in [0.5, 0.6) is 11.5 Å². The highest BCUT2D eigenvalue weighted by atomic mass is 79.9. The fourth-order valence-electron chi connectivity index (χ4n) is 1.70. The number of phenols is 1. The molecule has 0 saturated carbocycles. The van der Waals surface area contributed by atoms with Gasteiger partial charge in [0, 0.05) is 6.54 Å². The number of nitrogens with one attached hydrogen (secondary N) is 1. The third kappa shape index (κ3) is 5.01. The summed E-state index contributed by atoms with van der Waals surface area (Å²) in [6.07, 6.45) is 0.460. The van der Waals surface area contributed by atoms with Crippen LogP contribution in [0.4, 0.5) is 0 Å². The molecule has 3 N–H and O–H groups in total. The highest BCUT2D eigenvalue weighted by molar-refractivity contribution is 9.10. The van der Waals surface area contributed by atoms with E-state index >= 15 is 0 Å². The molecule has 0 aliphatic rings. The summed E-state index contributed by atoms with van der Waals surface area (Å²) in [6, 6.07) is 3.65. The Labute approximate surface area is 122 Å². The lowest BCUT2D eigenvalue weighted by Crippen LogP contribution is -2.23. The van der Waals surface area contributed by atoms with Gasteiger partial charge in [0.05, 0.1) is 17.7 Å². The lowest BCUT2D eigenvalue weighted by Gasteiger charge is -2.15. The van der Waals surface area contributed by atoms with Gasteiger partial charge in [-0.2, -0.15) is 0 Å². The minimum atomic E-state index is -0.270. The Morgan fingerprint density at radius 3 is 2.63 bits per heavy atom. The molecule has 4 nitrogen and oxygen atoms in total. The smallest absolute Gasteiger partial charge is 0.172 e. The number of methoxy groups -OCH3 is 1. The summed E-state index contributed by atoms with van der Waals surface area (Å²) in [7, 11) is 1.53. The summed E-state index contributed by atoms with van der Waals surface area (Å²) >= 11 is 3.29. The number of phenolic OH excluding ortho intramolecular Hbond substituents is 1. The SMILES string of the molecule is COc1cc(CNCCC(O)C(C)C)cc(Br)c1O. The van der Waals surface area contributed by atoms with Gasteiger partial charge < -0.3 is 20.3 Å². The zero-order valence-corrected chi connectivity index (χ0v) is 13.2. The molecule has 108 valence electrons. The predicted molar refractivity (Wildman–Crippen MR) is 79.5 cm³/mol. The summed E-state index contributed by atoms with van der Waals surface area (Å²) in [5, 5.41) is 22.7. The van der Waals surface area contributed by atoms with Gasteiger partial charge in [0.1, 0.15) is 0 Å². The van der Waals surface area contributed by atoms with Crippen molar-refractivity contribution in [3.63, 3.8) is 0 Å². The summed E-state index contributed by atoms with van der Waals surface area (Å²) < 4.78 is 5.71. The third-order valence-corrected chi connectivity index (χ3v) is 3.63. The van der Waals surface area contributed by atoms with Crippen molar-refractivity contribution in [1.82, 2.24) is 5.32 Å². The molecule has 0 fully saturated rings. The van der Waals surface area contributed by atoms with Crippen molar-refractivity contribution in [2.24, 2.45) is 5.92 Å². The maximum absolute atomic E-state index is 9.70. The van der Waals surface area contributed by atoms with Gasteiger partial charge >= 0.3 is 0 Å². The molecule has 0 heterocycles. The Morgan fingerprint density at radius 2 is 2.05 bits per heavy atom. The monoisotopic (exact) mass is 331 g/mol. The lowest BCUT2D eigenvalue weighted by atomic mass is 10.0. The molecule has 1 aromatic rings. The molecule has 1 unspecified atom stereocenters. The Kier molecular flexibility index (Phi) is 6.62. The Bertz CT molecular complexity index is 410. The van der Waals surface area contributed by atoms with E-state index in [1.807, 2.05) is 19.9 Å². The number of aliphatic hydroxyl groups excluding tert-OH is 1. The van der Waals surface area contributed by atoms with Gasteiger partial charge in [-0.3, -0.25) is 0 Å². The van der Waals surface area contributed by atoms with Gasteiger partial charge in [-0.25, -0.2) is 0 Å². The average molecular weight is 332 g/mol. The Balaban J connectivity index is 2.48. The Morgan fingerprint density at radius 1 is 1.37 bits per heavy atom. The normalized spacial score (nSPS) is 12.7. The molecule has 0 aliphatic carbocycles. The van der Waals surface area contributed by atoms with Crippen molar-refractivity contribution in [1.29, 1.82) is 0 Å². The summed E-state index contributed by atoms with van der Waals surface area (Å²) in [6.45, 7) is 5.43. The van der Waals surface area contributed by atoms with Gasteiger partial charge in [-0.15, -0.1) is 0 Å². The first kappa shape index (κ1) is 16.3. The molecule has 1 atom stereocenters. The van der Waals surface area contributed by atoms with Crippen molar-refractivity contribution in [2.75, 3.05) is 13.7 Å². The first-order valence-corrected chi connectivity index (χ1v) is 7.19. The highest BCUT2D eigenvalue weighted by Gasteiger charge is 2.10. The van der Waals surface area contributed by atoms with Crippen molar-refractivity contribution in [2.45, 2.75) is 32.9 Å². The van der Waals surface area contributed by atoms with Crippen LogP contribution in [-0.4, -0.2) is 30.0 Å². The minimum absolute atomic E-state index is 0.112. The molecular weight excluding hydrogens is 310 g/mol. The van der Waals surface area contributed by atoms with Crippen LogP contribution in [0.1, 0.15) is 25.8 Å². The van der Waals surface area contributed by atoms with Gasteiger partial charge in [0.25, 0.3) is 0 Å². The fraction of sp³-hybridized carbons (Fsp3) is 0.571. The number of halogens is 1. The predicted octanol–water partition coefficient (Wildman–Crippen LogP) is 2.66. The fourth-order valence-corrected chi connectivity index (χ4v) is 2.19. The third-order valence-electron chi connectivity index (χ3n) is 3.02. The molecule has 0 aliphatic heterocycles. The zero-order valence-electron chi connectivity index (χ0n) is 11.6. The number of hydrogen-bond donors (Lipinski definition) is 3. The zero-order chi connectivity index (χ0) is 14.4. The van der Waals surface area contributed by atoms with E-state index in [4.69, 9.17) is 4.74 Å². The maximum atomic E-state index is 9.70. The molecular formula is C14H22BrNO3. The maximum Gasteiger partial charge on any atom is 0.172 e. The van der Waals surface area contributed by atoms with Gasteiger partial charge in [0.2, 0.25) is 0 Å². The molecule has 0 bridgehead atoms. The molecule has 0 amide bonds. The number of rotatable bonds is 7. The van der Waals surface area contributed by atoms with Crippen LogP contribution in [0.2, 0.25) is 0 Å². The van der Waals surface area contributed by atoms with E-state index in [2.05, 4.69) is 21.2 Å². The number of ether oxygens (including phenoxy) is 1. The number of benzene rings is 1. The van der Waals surface area contributed by atoms with Crippen LogP contribution in [0.3, 0.4) is 0 Å². The molecule has 5 heteroatoms. The number of hydrogen-bond acceptors (Lipinski definition) is 4. The highest BCUT2D eigenvalue weighted by Crippen LogP contribution is 2.35. The van der Waals surface area contributed by atoms with E-state index in [1.165, 1.54) is 7.11 Å². The standard InChI is InChI=1S/C14H22BrNO3/c1-9(2)12(17)4-5-16-8-10-6-11(15)14(18)13(7-10)19-3/h6-7,9,12,16-18H,4-5,8H2,1-3H3. The van der Waals surface area contributed by atoms with E-state index < -0.39 is 0 Å². The van der Waals surface area contributed by atoms with E-state index in [1.54, 1.807) is 6.07 Å². The van der Waals surface area contributed by atoms with Crippen molar-refractivity contribution < 1.29 is 14.9 Å². The van der Waals surface area contributed by atoms with Crippen LogP contribution < -0.4 is 10.1 Å². The van der Waals surface area contributed by atoms with Crippen LogP contribution in [-0.2, 0) is 6.54 Å². The van der Waals surface area contributed by atoms with E-state index in [-0.39, 0.29) is 17.8 Å². The van der Waals surface area contributed by atoms with Gasteiger partial charge in [0.15, 0.2) is 11.5 Å². The second-order valence-electron chi connectivity index (χ2n) is 4.91. The van der Waals surface area contributed by atoms with E-state index in [0.29, 0.717) is 16.8 Å². The quantitative estimate of drug-likeness (QED) is 0.672. The number of aliphatic hydroxyl groups is 1. The van der Waals surface area contributed by atoms with Gasteiger partial charge in [-0.1, -0.05) is 13.8 Å². The first-order chi connectivity index (χ1) is 8.95. The molecule has 19 heavy (non-hydrogen) atoms. The minimum Gasteiger partial charge on any atom is -0.503 e. The van der Waals surface area contributed by atoms with Crippen LogP contribution in [0, 0.1) is 5.92 Å². The second-order valence-corrected chi connectivity index (χ2v) is 5.76. The summed E-state index contributed by atoms with van der Waals surface area (Å²) in [4.78, 5) is 0. The summed E-state index contributed by atoms with van der Waals surface area (Å²) in [5.74, 6) is 0.847. The molecule has 0 radical (unpaired) electrons. The van der Waals surface area contributed by atoms with E-state index in [0.717, 1.165) is 18.5 Å². The van der Waals surface area contributed by atoms with Crippen LogP contribution in [0.25, 0.3) is 0 Å². The average Bonchev–Trinajstić information content (AvgIpc) is 2.37. The molecule has 0 spiro atoms. The molecule has 1 rings (SSSR count). The van der Waals surface area contributed by atoms with Crippen LogP contribution in [0.15, 0.2) is 16.6 Å².